The minimum atomic E-state index is -0.788. The van der Waals surface area contributed by atoms with Crippen LogP contribution in [0.2, 0.25) is 0 Å². The fourth-order valence-corrected chi connectivity index (χ4v) is 7.01. The van der Waals surface area contributed by atoms with Crippen molar-refractivity contribution in [2.45, 2.75) is 64.8 Å². The van der Waals surface area contributed by atoms with Crippen LogP contribution in [0.3, 0.4) is 0 Å². The summed E-state index contributed by atoms with van der Waals surface area (Å²) in [6, 6.07) is 3.67. The quantitative estimate of drug-likeness (QED) is 0.723. The Morgan fingerprint density at radius 3 is 2.23 bits per heavy atom. The van der Waals surface area contributed by atoms with Crippen molar-refractivity contribution in [1.82, 2.24) is 0 Å². The van der Waals surface area contributed by atoms with Gasteiger partial charge in [0, 0.05) is 17.3 Å². The summed E-state index contributed by atoms with van der Waals surface area (Å²) in [5, 5.41) is 12.1. The lowest BCUT2D eigenvalue weighted by Gasteiger charge is -2.63. The second-order valence-corrected chi connectivity index (χ2v) is 9.94. The van der Waals surface area contributed by atoms with E-state index in [1.807, 2.05) is 12.1 Å². The zero-order valence-corrected chi connectivity index (χ0v) is 19.8. The van der Waals surface area contributed by atoms with Crippen LogP contribution in [0.25, 0.3) is 0 Å². The normalized spacial score (nSPS) is 35.5. The zero-order chi connectivity index (χ0) is 22.4. The van der Waals surface area contributed by atoms with Crippen LogP contribution in [0.1, 0.15) is 64.5 Å². The standard InChI is InChI=1S/C25H38O6/c1-16-11-13-23(2)19(8-7-12-25(23)30-14-15-31-25)24(16,3)22(26)20-17(27-4)9-10-18(28-5)21(20)29-6/h9-10,16,19,22,26H,7-8,11-15H2,1-6H3/t16-,19+,22?,23+,24+/m0/s1. The van der Waals surface area contributed by atoms with Gasteiger partial charge in [0.15, 0.2) is 17.3 Å². The summed E-state index contributed by atoms with van der Waals surface area (Å²) in [7, 11) is 4.85. The Hall–Kier alpha value is -1.50. The lowest BCUT2D eigenvalue weighted by Crippen LogP contribution is -2.62. The Bertz CT molecular complexity index is 803. The van der Waals surface area contributed by atoms with E-state index in [9.17, 15) is 5.11 Å². The highest BCUT2D eigenvalue weighted by Crippen LogP contribution is 2.68. The van der Waals surface area contributed by atoms with Crippen molar-refractivity contribution in [1.29, 1.82) is 0 Å². The molecule has 1 aromatic rings. The molecule has 6 heteroatoms. The molecule has 1 spiro atoms. The molecule has 1 heterocycles. The second-order valence-electron chi connectivity index (χ2n) is 9.94. The average molecular weight is 435 g/mol. The van der Waals surface area contributed by atoms with Crippen molar-refractivity contribution < 1.29 is 28.8 Å². The van der Waals surface area contributed by atoms with Crippen LogP contribution in [0.4, 0.5) is 0 Å². The van der Waals surface area contributed by atoms with E-state index in [4.69, 9.17) is 23.7 Å². The van der Waals surface area contributed by atoms with E-state index in [1.54, 1.807) is 21.3 Å². The minimum absolute atomic E-state index is 0.163. The van der Waals surface area contributed by atoms with Gasteiger partial charge in [0.05, 0.1) is 46.2 Å². The van der Waals surface area contributed by atoms with Gasteiger partial charge in [-0.3, -0.25) is 0 Å². The minimum Gasteiger partial charge on any atom is -0.496 e. The fourth-order valence-electron chi connectivity index (χ4n) is 7.01. The zero-order valence-electron chi connectivity index (χ0n) is 19.8. The first-order chi connectivity index (χ1) is 14.8. The molecule has 174 valence electrons. The molecule has 0 bridgehead atoms. The third-order valence-corrected chi connectivity index (χ3v) is 8.93. The Labute approximate surface area is 186 Å². The van der Waals surface area contributed by atoms with Gasteiger partial charge < -0.3 is 28.8 Å². The number of methoxy groups -OCH3 is 3. The summed E-state index contributed by atoms with van der Waals surface area (Å²) >= 11 is 0. The molecular formula is C25H38O6. The molecule has 1 saturated heterocycles. The van der Waals surface area contributed by atoms with Crippen LogP contribution in [-0.2, 0) is 9.47 Å². The molecule has 6 nitrogen and oxygen atoms in total. The summed E-state index contributed by atoms with van der Waals surface area (Å²) in [6.45, 7) is 8.11. The molecule has 5 atom stereocenters. The summed E-state index contributed by atoms with van der Waals surface area (Å²) in [5.74, 6) is 1.73. The van der Waals surface area contributed by atoms with Crippen LogP contribution in [0.5, 0.6) is 17.2 Å². The second kappa shape index (κ2) is 8.13. The third kappa shape index (κ3) is 3.09. The van der Waals surface area contributed by atoms with E-state index in [0.717, 1.165) is 32.1 Å². The predicted octanol–water partition coefficient (Wildman–Crippen LogP) is 4.73. The van der Waals surface area contributed by atoms with Gasteiger partial charge in [0.2, 0.25) is 0 Å². The van der Waals surface area contributed by atoms with Crippen LogP contribution < -0.4 is 14.2 Å². The Balaban J connectivity index is 1.84. The number of aliphatic hydroxyl groups is 1. The SMILES string of the molecule is COc1ccc(OC)c(C(O)[C@]2(C)[C@@H](C)CC[C@]3(C)[C@H]2CCCC32OCCO2)c1OC. The molecule has 0 amide bonds. The lowest BCUT2D eigenvalue weighted by atomic mass is 9.44. The molecule has 31 heavy (non-hydrogen) atoms. The molecule has 1 N–H and O–H groups in total. The summed E-state index contributed by atoms with van der Waals surface area (Å²) in [4.78, 5) is 0. The lowest BCUT2D eigenvalue weighted by molar-refractivity contribution is -0.305. The topological polar surface area (TPSA) is 66.4 Å². The van der Waals surface area contributed by atoms with Crippen LogP contribution >= 0.6 is 0 Å². The molecule has 1 aliphatic heterocycles. The predicted molar refractivity (Wildman–Crippen MR) is 118 cm³/mol. The molecule has 0 radical (unpaired) electrons. The van der Waals surface area contributed by atoms with Gasteiger partial charge in [-0.15, -0.1) is 0 Å². The number of ether oxygens (including phenoxy) is 5. The maximum Gasteiger partial charge on any atom is 0.174 e. The molecule has 1 unspecified atom stereocenters. The van der Waals surface area contributed by atoms with Crippen LogP contribution in [0, 0.1) is 22.7 Å². The number of rotatable bonds is 5. The van der Waals surface area contributed by atoms with E-state index in [-0.39, 0.29) is 11.3 Å². The van der Waals surface area contributed by atoms with Gasteiger partial charge in [0.1, 0.15) is 5.75 Å². The molecule has 3 aliphatic rings. The number of hydrogen-bond acceptors (Lipinski definition) is 6. The average Bonchev–Trinajstić information content (AvgIpc) is 3.26. The van der Waals surface area contributed by atoms with E-state index in [1.165, 1.54) is 0 Å². The van der Waals surface area contributed by atoms with Crippen LogP contribution in [-0.4, -0.2) is 45.4 Å². The van der Waals surface area contributed by atoms with Gasteiger partial charge >= 0.3 is 0 Å². The van der Waals surface area contributed by atoms with Gasteiger partial charge in [-0.2, -0.15) is 0 Å². The molecular weight excluding hydrogens is 396 g/mol. The van der Waals surface area contributed by atoms with E-state index < -0.39 is 17.3 Å². The maximum atomic E-state index is 12.1. The first-order valence-corrected chi connectivity index (χ1v) is 11.5. The Morgan fingerprint density at radius 1 is 0.968 bits per heavy atom. The van der Waals surface area contributed by atoms with Crippen molar-refractivity contribution >= 4 is 0 Å². The molecule has 1 aromatic carbocycles. The van der Waals surface area contributed by atoms with E-state index >= 15 is 0 Å². The Kier molecular flexibility index (Phi) is 5.95. The van der Waals surface area contributed by atoms with Crippen molar-refractivity contribution in [2.75, 3.05) is 34.5 Å². The van der Waals surface area contributed by atoms with Gasteiger partial charge in [-0.05, 0) is 49.7 Å². The molecule has 2 saturated carbocycles. The number of aliphatic hydroxyl groups excluding tert-OH is 1. The van der Waals surface area contributed by atoms with E-state index in [2.05, 4.69) is 20.8 Å². The molecule has 3 fully saturated rings. The maximum absolute atomic E-state index is 12.1. The number of benzene rings is 1. The highest BCUT2D eigenvalue weighted by Gasteiger charge is 2.66. The van der Waals surface area contributed by atoms with Gasteiger partial charge in [-0.1, -0.05) is 20.8 Å². The van der Waals surface area contributed by atoms with Crippen molar-refractivity contribution in [3.05, 3.63) is 17.7 Å². The van der Waals surface area contributed by atoms with Crippen LogP contribution in [0.15, 0.2) is 12.1 Å². The first kappa shape index (κ1) is 22.7. The molecule has 4 rings (SSSR count). The number of hydrogen-bond donors (Lipinski definition) is 1. The summed E-state index contributed by atoms with van der Waals surface area (Å²) in [6.07, 6.45) is 4.24. The van der Waals surface area contributed by atoms with Crippen molar-refractivity contribution in [3.8, 4) is 17.2 Å². The highest BCUT2D eigenvalue weighted by atomic mass is 16.7. The highest BCUT2D eigenvalue weighted by molar-refractivity contribution is 5.55. The Morgan fingerprint density at radius 2 is 1.61 bits per heavy atom. The van der Waals surface area contributed by atoms with E-state index in [0.29, 0.717) is 41.9 Å². The molecule has 0 aromatic heterocycles. The fraction of sp³-hybridized carbons (Fsp3) is 0.760. The van der Waals surface area contributed by atoms with Gasteiger partial charge in [0.25, 0.3) is 0 Å². The largest absolute Gasteiger partial charge is 0.496 e. The van der Waals surface area contributed by atoms with Crippen molar-refractivity contribution in [2.24, 2.45) is 22.7 Å². The first-order valence-electron chi connectivity index (χ1n) is 11.5. The number of fused-ring (bicyclic) bond motifs is 2. The van der Waals surface area contributed by atoms with Crippen molar-refractivity contribution in [3.63, 3.8) is 0 Å². The monoisotopic (exact) mass is 434 g/mol. The smallest absolute Gasteiger partial charge is 0.174 e. The third-order valence-electron chi connectivity index (χ3n) is 8.93. The summed E-state index contributed by atoms with van der Waals surface area (Å²) < 4.78 is 29.6. The molecule has 2 aliphatic carbocycles. The summed E-state index contributed by atoms with van der Waals surface area (Å²) in [5.41, 5.74) is 0.0854. The van der Waals surface area contributed by atoms with Gasteiger partial charge in [-0.25, -0.2) is 0 Å².